The van der Waals surface area contributed by atoms with E-state index in [1.807, 2.05) is 6.07 Å². The fourth-order valence-electron chi connectivity index (χ4n) is 1.67. The van der Waals surface area contributed by atoms with Crippen molar-refractivity contribution in [3.8, 4) is 0 Å². The van der Waals surface area contributed by atoms with Crippen LogP contribution in [-0.4, -0.2) is 24.8 Å². The van der Waals surface area contributed by atoms with Gasteiger partial charge in [0.2, 0.25) is 10.0 Å². The number of halogens is 2. The normalized spacial score (nSPS) is 11.8. The Bertz CT molecular complexity index is 703. The summed E-state index contributed by atoms with van der Waals surface area (Å²) in [6.45, 7) is 0.228. The molecule has 0 saturated heterocycles. The molecule has 0 atom stereocenters. The summed E-state index contributed by atoms with van der Waals surface area (Å²) >= 11 is 11.5. The summed E-state index contributed by atoms with van der Waals surface area (Å²) in [5, 5.41) is 0.822. The molecule has 20 heavy (non-hydrogen) atoms. The van der Waals surface area contributed by atoms with Gasteiger partial charge in [0.25, 0.3) is 0 Å². The number of sulfonamides is 1. The van der Waals surface area contributed by atoms with Crippen LogP contribution in [0.25, 0.3) is 0 Å². The average Bonchev–Trinajstić information content (AvgIpc) is 2.39. The predicted molar refractivity (Wildman–Crippen MR) is 79.4 cm³/mol. The molecule has 4 nitrogen and oxygen atoms in total. The van der Waals surface area contributed by atoms with E-state index < -0.39 is 10.0 Å². The molecule has 7 heteroatoms. The lowest BCUT2D eigenvalue weighted by Crippen LogP contribution is -2.26. The van der Waals surface area contributed by atoms with Crippen molar-refractivity contribution in [3.63, 3.8) is 0 Å². The van der Waals surface area contributed by atoms with Crippen LogP contribution in [0.3, 0.4) is 0 Å². The quantitative estimate of drug-likeness (QED) is 0.809. The maximum atomic E-state index is 12.3. The van der Waals surface area contributed by atoms with Gasteiger partial charge >= 0.3 is 0 Å². The first-order chi connectivity index (χ1) is 9.39. The van der Waals surface area contributed by atoms with Crippen LogP contribution in [0, 0.1) is 0 Å². The lowest BCUT2D eigenvalue weighted by molar-refractivity contribution is 0.466. The number of hydrogen-bond donors (Lipinski definition) is 0. The number of nitrogens with zero attached hydrogens (tertiary/aromatic N) is 2. The van der Waals surface area contributed by atoms with Crippen LogP contribution in [0.5, 0.6) is 0 Å². The highest BCUT2D eigenvalue weighted by molar-refractivity contribution is 7.89. The molecule has 0 N–H and O–H groups in total. The maximum absolute atomic E-state index is 12.3. The number of rotatable bonds is 4. The highest BCUT2D eigenvalue weighted by Crippen LogP contribution is 2.18. The van der Waals surface area contributed by atoms with Gasteiger partial charge in [0.1, 0.15) is 10.0 Å². The van der Waals surface area contributed by atoms with Crippen molar-refractivity contribution in [1.82, 2.24) is 9.29 Å². The molecule has 0 aliphatic carbocycles. The predicted octanol–water partition coefficient (Wildman–Crippen LogP) is 3.21. The zero-order valence-corrected chi connectivity index (χ0v) is 13.0. The molecule has 0 radical (unpaired) electrons. The van der Waals surface area contributed by atoms with Gasteiger partial charge in [-0.3, -0.25) is 0 Å². The molecule has 0 aliphatic heterocycles. The van der Waals surface area contributed by atoms with E-state index in [0.29, 0.717) is 5.02 Å². The first-order valence-electron chi connectivity index (χ1n) is 5.72. The van der Waals surface area contributed by atoms with E-state index in [1.165, 1.54) is 29.7 Å². The van der Waals surface area contributed by atoms with E-state index in [1.54, 1.807) is 18.2 Å². The van der Waals surface area contributed by atoms with Gasteiger partial charge in [0.05, 0.1) is 0 Å². The fourth-order valence-corrected chi connectivity index (χ4v) is 3.10. The molecule has 1 heterocycles. The zero-order chi connectivity index (χ0) is 14.8. The van der Waals surface area contributed by atoms with Gasteiger partial charge in [-0.1, -0.05) is 35.3 Å². The Morgan fingerprint density at radius 3 is 2.55 bits per heavy atom. The van der Waals surface area contributed by atoms with Crippen molar-refractivity contribution >= 4 is 33.2 Å². The van der Waals surface area contributed by atoms with Crippen LogP contribution in [0.2, 0.25) is 10.2 Å². The molecule has 0 saturated carbocycles. The molecule has 0 unspecified atom stereocenters. The molecule has 0 bridgehead atoms. The van der Waals surface area contributed by atoms with Crippen LogP contribution in [0.4, 0.5) is 0 Å². The van der Waals surface area contributed by atoms with Crippen LogP contribution in [-0.2, 0) is 16.6 Å². The molecule has 0 fully saturated rings. The monoisotopic (exact) mass is 330 g/mol. The second-order valence-corrected chi connectivity index (χ2v) is 7.08. The molecular formula is C13H12Cl2N2O2S. The summed E-state index contributed by atoms with van der Waals surface area (Å²) in [5.74, 6) is 0. The summed E-state index contributed by atoms with van der Waals surface area (Å²) in [4.78, 5) is 3.89. The molecule has 2 aromatic rings. The highest BCUT2D eigenvalue weighted by Gasteiger charge is 2.21. The summed E-state index contributed by atoms with van der Waals surface area (Å²) in [6.07, 6.45) is 1.24. The van der Waals surface area contributed by atoms with E-state index >= 15 is 0 Å². The Hall–Kier alpha value is -1.14. The van der Waals surface area contributed by atoms with Crippen molar-refractivity contribution in [3.05, 3.63) is 58.3 Å². The Kier molecular flexibility index (Phi) is 4.65. The molecule has 2 rings (SSSR count). The second-order valence-electron chi connectivity index (χ2n) is 4.21. The Morgan fingerprint density at radius 1 is 1.20 bits per heavy atom. The van der Waals surface area contributed by atoms with Crippen molar-refractivity contribution < 1.29 is 8.42 Å². The van der Waals surface area contributed by atoms with Crippen LogP contribution in [0.1, 0.15) is 5.56 Å². The highest BCUT2D eigenvalue weighted by atomic mass is 35.5. The van der Waals surface area contributed by atoms with Crippen LogP contribution >= 0.6 is 23.2 Å². The number of hydrogen-bond acceptors (Lipinski definition) is 3. The SMILES string of the molecule is CN(Cc1cccc(Cl)c1)S(=O)(=O)c1ccc(Cl)nc1. The van der Waals surface area contributed by atoms with Crippen molar-refractivity contribution in [2.75, 3.05) is 7.05 Å². The average molecular weight is 331 g/mol. The van der Waals surface area contributed by atoms with Gasteiger partial charge < -0.3 is 0 Å². The Balaban J connectivity index is 2.23. The molecule has 0 amide bonds. The summed E-state index contributed by atoms with van der Waals surface area (Å²) in [5.41, 5.74) is 0.811. The third kappa shape index (κ3) is 3.49. The minimum atomic E-state index is -3.60. The van der Waals surface area contributed by atoms with Gasteiger partial charge in [0, 0.05) is 24.8 Å². The minimum Gasteiger partial charge on any atom is -0.243 e. The van der Waals surface area contributed by atoms with Gasteiger partial charge in [-0.2, -0.15) is 4.31 Å². The van der Waals surface area contributed by atoms with Crippen molar-refractivity contribution in [2.45, 2.75) is 11.4 Å². The van der Waals surface area contributed by atoms with E-state index in [9.17, 15) is 8.42 Å². The van der Waals surface area contributed by atoms with Crippen LogP contribution < -0.4 is 0 Å². The number of benzene rings is 1. The molecule has 1 aromatic heterocycles. The van der Waals surface area contributed by atoms with Gasteiger partial charge in [-0.05, 0) is 29.8 Å². The van der Waals surface area contributed by atoms with Crippen molar-refractivity contribution in [2.24, 2.45) is 0 Å². The van der Waals surface area contributed by atoms with E-state index in [4.69, 9.17) is 23.2 Å². The summed E-state index contributed by atoms with van der Waals surface area (Å²) in [7, 11) is -2.09. The third-order valence-corrected chi connectivity index (χ3v) is 4.95. The first kappa shape index (κ1) is 15.3. The van der Waals surface area contributed by atoms with E-state index in [-0.39, 0.29) is 16.6 Å². The van der Waals surface area contributed by atoms with Gasteiger partial charge in [0.15, 0.2) is 0 Å². The standard InChI is InChI=1S/C13H12Cl2N2O2S/c1-17(9-10-3-2-4-11(14)7-10)20(18,19)12-5-6-13(15)16-8-12/h2-8H,9H2,1H3. The minimum absolute atomic E-state index is 0.103. The topological polar surface area (TPSA) is 50.3 Å². The van der Waals surface area contributed by atoms with Crippen molar-refractivity contribution in [1.29, 1.82) is 0 Å². The molecular weight excluding hydrogens is 319 g/mol. The largest absolute Gasteiger partial charge is 0.244 e. The lowest BCUT2D eigenvalue weighted by atomic mass is 10.2. The fraction of sp³-hybridized carbons (Fsp3) is 0.154. The lowest BCUT2D eigenvalue weighted by Gasteiger charge is -2.17. The summed E-state index contributed by atoms with van der Waals surface area (Å²) in [6, 6.07) is 9.94. The van der Waals surface area contributed by atoms with E-state index in [2.05, 4.69) is 4.98 Å². The molecule has 106 valence electrons. The maximum Gasteiger partial charge on any atom is 0.244 e. The number of pyridine rings is 1. The summed E-state index contributed by atoms with van der Waals surface area (Å²) < 4.78 is 25.9. The van der Waals surface area contributed by atoms with Gasteiger partial charge in [-0.25, -0.2) is 13.4 Å². The second kappa shape index (κ2) is 6.10. The zero-order valence-electron chi connectivity index (χ0n) is 10.6. The smallest absolute Gasteiger partial charge is 0.243 e. The Morgan fingerprint density at radius 2 is 1.95 bits per heavy atom. The molecule has 0 aliphatic rings. The van der Waals surface area contributed by atoms with Crippen LogP contribution in [0.15, 0.2) is 47.5 Å². The van der Waals surface area contributed by atoms with E-state index in [0.717, 1.165) is 5.56 Å². The Labute approximate surface area is 128 Å². The van der Waals surface area contributed by atoms with Gasteiger partial charge in [-0.15, -0.1) is 0 Å². The third-order valence-electron chi connectivity index (χ3n) is 2.70. The molecule has 0 spiro atoms. The number of aromatic nitrogens is 1. The first-order valence-corrected chi connectivity index (χ1v) is 7.91. The molecule has 1 aromatic carbocycles.